The first-order valence-electron chi connectivity index (χ1n) is 5.35. The van der Waals surface area contributed by atoms with Crippen molar-refractivity contribution in [3.05, 3.63) is 40.9 Å². The third-order valence-electron chi connectivity index (χ3n) is 2.82. The van der Waals surface area contributed by atoms with Gasteiger partial charge in [-0.25, -0.2) is 4.98 Å². The minimum atomic E-state index is 0.764. The molecule has 2 heteroatoms. The van der Waals surface area contributed by atoms with Gasteiger partial charge in [0.1, 0.15) is 5.01 Å². The molecule has 1 aliphatic rings. The molecule has 0 bridgehead atoms. The number of thiazole rings is 1. The Labute approximate surface area is 93.8 Å². The number of aromatic nitrogens is 1. The molecule has 15 heavy (non-hydrogen) atoms. The third kappa shape index (κ3) is 1.82. The number of rotatable bonds is 2. The van der Waals surface area contributed by atoms with Crippen molar-refractivity contribution in [1.82, 2.24) is 4.98 Å². The van der Waals surface area contributed by atoms with Crippen LogP contribution in [0.15, 0.2) is 29.6 Å². The Morgan fingerprint density at radius 2 is 1.93 bits per heavy atom. The van der Waals surface area contributed by atoms with Crippen LogP contribution in [0.25, 0.3) is 10.6 Å². The molecule has 2 aromatic rings. The van der Waals surface area contributed by atoms with Crippen molar-refractivity contribution < 1.29 is 0 Å². The Morgan fingerprint density at radius 3 is 2.60 bits per heavy atom. The van der Waals surface area contributed by atoms with Crippen LogP contribution in [0.3, 0.4) is 0 Å². The number of hydrogen-bond acceptors (Lipinski definition) is 2. The lowest BCUT2D eigenvalue weighted by Crippen LogP contribution is -1.80. The first-order chi connectivity index (χ1) is 7.33. The van der Waals surface area contributed by atoms with Gasteiger partial charge in [-0.3, -0.25) is 0 Å². The van der Waals surface area contributed by atoms with Crippen molar-refractivity contribution in [2.24, 2.45) is 0 Å². The predicted octanol–water partition coefficient (Wildman–Crippen LogP) is 4.00. The summed E-state index contributed by atoms with van der Waals surface area (Å²) in [6.45, 7) is 2.11. The molecule has 1 heterocycles. The fourth-order valence-electron chi connectivity index (χ4n) is 1.68. The highest BCUT2D eigenvalue weighted by atomic mass is 32.1. The summed E-state index contributed by atoms with van der Waals surface area (Å²) in [5, 5.41) is 3.38. The lowest BCUT2D eigenvalue weighted by atomic mass is 10.2. The number of hydrogen-bond donors (Lipinski definition) is 0. The number of benzene rings is 1. The molecule has 0 unspecified atom stereocenters. The van der Waals surface area contributed by atoms with E-state index in [1.165, 1.54) is 29.7 Å². The zero-order valence-corrected chi connectivity index (χ0v) is 9.55. The molecule has 1 saturated carbocycles. The summed E-state index contributed by atoms with van der Waals surface area (Å²) >= 11 is 1.77. The summed E-state index contributed by atoms with van der Waals surface area (Å²) in [5.74, 6) is 0.764. The SMILES string of the molecule is Cc1ccc(-c2nc(C3CC3)cs2)cc1. The van der Waals surface area contributed by atoms with Crippen LogP contribution in [-0.2, 0) is 0 Å². The fraction of sp³-hybridized carbons (Fsp3) is 0.308. The van der Waals surface area contributed by atoms with Gasteiger partial charge in [0.25, 0.3) is 0 Å². The van der Waals surface area contributed by atoms with Crippen LogP contribution in [0.2, 0.25) is 0 Å². The highest BCUT2D eigenvalue weighted by Gasteiger charge is 2.26. The van der Waals surface area contributed by atoms with E-state index in [2.05, 4.69) is 36.6 Å². The fourth-order valence-corrected chi connectivity index (χ4v) is 2.59. The van der Waals surface area contributed by atoms with Gasteiger partial charge >= 0.3 is 0 Å². The molecular weight excluding hydrogens is 202 g/mol. The molecule has 0 spiro atoms. The second kappa shape index (κ2) is 3.46. The Balaban J connectivity index is 1.93. The van der Waals surface area contributed by atoms with Gasteiger partial charge in [-0.2, -0.15) is 0 Å². The first-order valence-corrected chi connectivity index (χ1v) is 6.23. The van der Waals surface area contributed by atoms with Crippen molar-refractivity contribution in [3.8, 4) is 10.6 Å². The summed E-state index contributed by atoms with van der Waals surface area (Å²) in [6, 6.07) is 8.61. The second-order valence-electron chi connectivity index (χ2n) is 4.22. The van der Waals surface area contributed by atoms with Crippen LogP contribution in [0.1, 0.15) is 30.0 Å². The molecule has 0 saturated heterocycles. The third-order valence-corrected chi connectivity index (χ3v) is 3.73. The Hall–Kier alpha value is -1.15. The van der Waals surface area contributed by atoms with Gasteiger partial charge in [-0.05, 0) is 19.8 Å². The lowest BCUT2D eigenvalue weighted by Gasteiger charge is -1.96. The van der Waals surface area contributed by atoms with Crippen LogP contribution in [0.5, 0.6) is 0 Å². The molecule has 76 valence electrons. The smallest absolute Gasteiger partial charge is 0.123 e. The van der Waals surface area contributed by atoms with Crippen LogP contribution in [-0.4, -0.2) is 4.98 Å². The molecule has 1 aliphatic carbocycles. The Bertz CT molecular complexity index is 466. The monoisotopic (exact) mass is 215 g/mol. The average Bonchev–Trinajstić information content (AvgIpc) is 2.99. The normalized spacial score (nSPS) is 15.5. The van der Waals surface area contributed by atoms with Crippen molar-refractivity contribution in [3.63, 3.8) is 0 Å². The van der Waals surface area contributed by atoms with Crippen molar-refractivity contribution >= 4 is 11.3 Å². The van der Waals surface area contributed by atoms with E-state index < -0.39 is 0 Å². The zero-order valence-electron chi connectivity index (χ0n) is 8.73. The van der Waals surface area contributed by atoms with Crippen molar-refractivity contribution in [1.29, 1.82) is 0 Å². The molecule has 0 aliphatic heterocycles. The Kier molecular flexibility index (Phi) is 2.10. The largest absolute Gasteiger partial charge is 0.241 e. The summed E-state index contributed by atoms with van der Waals surface area (Å²) in [5.41, 5.74) is 3.85. The molecule has 0 radical (unpaired) electrons. The minimum absolute atomic E-state index is 0.764. The maximum absolute atomic E-state index is 4.69. The van der Waals surface area contributed by atoms with E-state index >= 15 is 0 Å². The van der Waals surface area contributed by atoms with Crippen LogP contribution < -0.4 is 0 Å². The van der Waals surface area contributed by atoms with E-state index in [0.29, 0.717) is 0 Å². The summed E-state index contributed by atoms with van der Waals surface area (Å²) in [6.07, 6.45) is 2.66. The first kappa shape index (κ1) is 9.10. The molecular formula is C13H13NS. The maximum atomic E-state index is 4.69. The van der Waals surface area contributed by atoms with E-state index in [1.807, 2.05) is 0 Å². The van der Waals surface area contributed by atoms with Gasteiger partial charge in [-0.1, -0.05) is 29.8 Å². The predicted molar refractivity (Wildman–Crippen MR) is 64.3 cm³/mol. The molecule has 1 fully saturated rings. The topological polar surface area (TPSA) is 12.9 Å². The van der Waals surface area contributed by atoms with Crippen LogP contribution in [0.4, 0.5) is 0 Å². The molecule has 1 aromatic carbocycles. The van der Waals surface area contributed by atoms with Gasteiger partial charge in [-0.15, -0.1) is 11.3 Å². The number of aryl methyl sites for hydroxylation is 1. The summed E-state index contributed by atoms with van der Waals surface area (Å²) in [7, 11) is 0. The molecule has 0 atom stereocenters. The molecule has 3 rings (SSSR count). The number of nitrogens with zero attached hydrogens (tertiary/aromatic N) is 1. The minimum Gasteiger partial charge on any atom is -0.241 e. The molecule has 0 amide bonds. The standard InChI is InChI=1S/C13H13NS/c1-9-2-4-11(5-3-9)13-14-12(8-15-13)10-6-7-10/h2-5,8,10H,6-7H2,1H3. The van der Waals surface area contributed by atoms with E-state index in [4.69, 9.17) is 4.98 Å². The molecule has 0 N–H and O–H groups in total. The van der Waals surface area contributed by atoms with E-state index in [-0.39, 0.29) is 0 Å². The van der Waals surface area contributed by atoms with Crippen LogP contribution >= 0.6 is 11.3 Å². The van der Waals surface area contributed by atoms with Gasteiger partial charge in [0.05, 0.1) is 5.69 Å². The second-order valence-corrected chi connectivity index (χ2v) is 5.08. The zero-order chi connectivity index (χ0) is 10.3. The van der Waals surface area contributed by atoms with Crippen LogP contribution in [0, 0.1) is 6.92 Å². The van der Waals surface area contributed by atoms with E-state index in [1.54, 1.807) is 11.3 Å². The lowest BCUT2D eigenvalue weighted by molar-refractivity contribution is 1.05. The van der Waals surface area contributed by atoms with E-state index in [0.717, 1.165) is 10.9 Å². The average molecular weight is 215 g/mol. The van der Waals surface area contributed by atoms with Crippen molar-refractivity contribution in [2.45, 2.75) is 25.7 Å². The molecule has 1 nitrogen and oxygen atoms in total. The van der Waals surface area contributed by atoms with Gasteiger partial charge < -0.3 is 0 Å². The Morgan fingerprint density at radius 1 is 1.20 bits per heavy atom. The highest BCUT2D eigenvalue weighted by Crippen LogP contribution is 2.41. The van der Waals surface area contributed by atoms with Gasteiger partial charge in [0.15, 0.2) is 0 Å². The van der Waals surface area contributed by atoms with Gasteiger partial charge in [0.2, 0.25) is 0 Å². The van der Waals surface area contributed by atoms with Gasteiger partial charge in [0, 0.05) is 16.9 Å². The molecule has 1 aromatic heterocycles. The van der Waals surface area contributed by atoms with E-state index in [9.17, 15) is 0 Å². The summed E-state index contributed by atoms with van der Waals surface area (Å²) < 4.78 is 0. The maximum Gasteiger partial charge on any atom is 0.123 e. The highest BCUT2D eigenvalue weighted by molar-refractivity contribution is 7.13. The quantitative estimate of drug-likeness (QED) is 0.738. The van der Waals surface area contributed by atoms with Crippen molar-refractivity contribution in [2.75, 3.05) is 0 Å². The summed E-state index contributed by atoms with van der Waals surface area (Å²) in [4.78, 5) is 4.69.